The first kappa shape index (κ1) is 19.3. The van der Waals surface area contributed by atoms with Gasteiger partial charge in [-0.25, -0.2) is 4.79 Å². The van der Waals surface area contributed by atoms with Crippen LogP contribution in [0.15, 0.2) is 24.3 Å². The van der Waals surface area contributed by atoms with Crippen molar-refractivity contribution < 1.29 is 30.3 Å². The maximum atomic E-state index is 10.3. The number of para-hydroxylation sites is 1. The van der Waals surface area contributed by atoms with Gasteiger partial charge in [0.1, 0.15) is 11.3 Å². The number of aromatic hydroxyl groups is 1. The SMILES string of the molecule is NC(CCO)(CCO)CCO.O=C(O)c1ccccc1O. The third-order valence-corrected chi connectivity index (χ3v) is 2.96. The van der Waals surface area contributed by atoms with Crippen molar-refractivity contribution in [1.29, 1.82) is 0 Å². The van der Waals surface area contributed by atoms with Crippen LogP contribution in [0, 0.1) is 0 Å². The largest absolute Gasteiger partial charge is 0.507 e. The molecule has 0 bridgehead atoms. The Bertz CT molecular complexity index is 407. The molecular weight excluding hydrogens is 278 g/mol. The number of carboxylic acid groups (broad SMARTS) is 1. The summed E-state index contributed by atoms with van der Waals surface area (Å²) in [4.78, 5) is 10.3. The van der Waals surface area contributed by atoms with E-state index in [0.717, 1.165) is 0 Å². The third-order valence-electron chi connectivity index (χ3n) is 2.96. The van der Waals surface area contributed by atoms with Crippen LogP contribution in [0.4, 0.5) is 0 Å². The highest BCUT2D eigenvalue weighted by molar-refractivity contribution is 5.90. The minimum Gasteiger partial charge on any atom is -0.507 e. The molecule has 7 heteroatoms. The lowest BCUT2D eigenvalue weighted by atomic mass is 9.90. The molecule has 0 unspecified atom stereocenters. The van der Waals surface area contributed by atoms with Crippen LogP contribution in [-0.4, -0.2) is 56.9 Å². The fourth-order valence-corrected chi connectivity index (χ4v) is 1.70. The fraction of sp³-hybridized carbons (Fsp3) is 0.500. The molecule has 0 spiro atoms. The van der Waals surface area contributed by atoms with Gasteiger partial charge in [-0.15, -0.1) is 0 Å². The molecule has 0 atom stereocenters. The average Bonchev–Trinajstić information content (AvgIpc) is 2.40. The molecule has 0 heterocycles. The van der Waals surface area contributed by atoms with Crippen LogP contribution in [-0.2, 0) is 0 Å². The van der Waals surface area contributed by atoms with Gasteiger partial charge in [0.25, 0.3) is 0 Å². The van der Waals surface area contributed by atoms with Crippen LogP contribution in [0.2, 0.25) is 0 Å². The third kappa shape index (κ3) is 7.62. The van der Waals surface area contributed by atoms with Gasteiger partial charge in [-0.2, -0.15) is 0 Å². The molecule has 0 aliphatic heterocycles. The van der Waals surface area contributed by atoms with E-state index >= 15 is 0 Å². The Balaban J connectivity index is 0.000000382. The Morgan fingerprint density at radius 1 is 1.00 bits per heavy atom. The van der Waals surface area contributed by atoms with Gasteiger partial charge >= 0.3 is 5.97 Å². The highest BCUT2D eigenvalue weighted by Crippen LogP contribution is 2.15. The molecule has 0 saturated carbocycles. The van der Waals surface area contributed by atoms with E-state index in [0.29, 0.717) is 19.3 Å². The molecular formula is C14H23NO6. The van der Waals surface area contributed by atoms with Crippen molar-refractivity contribution in [2.75, 3.05) is 19.8 Å². The lowest BCUT2D eigenvalue weighted by molar-refractivity contribution is 0.0693. The van der Waals surface area contributed by atoms with Crippen LogP contribution in [0.5, 0.6) is 5.75 Å². The zero-order valence-corrected chi connectivity index (χ0v) is 11.8. The van der Waals surface area contributed by atoms with Gasteiger partial charge in [-0.3, -0.25) is 0 Å². The van der Waals surface area contributed by atoms with Gasteiger partial charge in [0.05, 0.1) is 0 Å². The summed E-state index contributed by atoms with van der Waals surface area (Å²) in [6.45, 7) is -0.0104. The second-order valence-corrected chi connectivity index (χ2v) is 4.61. The Kier molecular flexibility index (Phi) is 9.31. The number of hydrogen-bond donors (Lipinski definition) is 6. The number of carboxylic acids is 1. The van der Waals surface area contributed by atoms with Crippen molar-refractivity contribution in [3.05, 3.63) is 29.8 Å². The summed E-state index contributed by atoms with van der Waals surface area (Å²) in [7, 11) is 0. The summed E-state index contributed by atoms with van der Waals surface area (Å²) >= 11 is 0. The average molecular weight is 301 g/mol. The number of benzene rings is 1. The van der Waals surface area contributed by atoms with Crippen molar-refractivity contribution in [2.24, 2.45) is 5.73 Å². The number of carbonyl (C=O) groups is 1. The van der Waals surface area contributed by atoms with Gasteiger partial charge < -0.3 is 31.3 Å². The summed E-state index contributed by atoms with van der Waals surface area (Å²) in [5.74, 6) is -1.31. The van der Waals surface area contributed by atoms with Crippen LogP contribution in [0.3, 0.4) is 0 Å². The standard InChI is InChI=1S/C7H17NO3.C7H6O3/c8-7(1-4-9,2-5-10)3-6-11;8-6-4-2-1-3-5(6)7(9)10/h9-11H,1-6,8H2;1-4,8H,(H,9,10). The van der Waals surface area contributed by atoms with Crippen molar-refractivity contribution in [1.82, 2.24) is 0 Å². The minimum atomic E-state index is -1.11. The lowest BCUT2D eigenvalue weighted by Gasteiger charge is -2.26. The molecule has 0 fully saturated rings. The van der Waals surface area contributed by atoms with Crippen molar-refractivity contribution in [2.45, 2.75) is 24.8 Å². The summed E-state index contributed by atoms with van der Waals surface area (Å²) in [6.07, 6.45) is 1.27. The summed E-state index contributed by atoms with van der Waals surface area (Å²) in [6, 6.07) is 5.81. The summed E-state index contributed by atoms with van der Waals surface area (Å²) in [5.41, 5.74) is 5.08. The Labute approximate surface area is 123 Å². The predicted octanol–water partition coefficient (Wildman–Crippen LogP) is -0.0785. The number of aromatic carboxylic acids is 1. The molecule has 0 aromatic heterocycles. The monoisotopic (exact) mass is 301 g/mol. The first-order chi connectivity index (χ1) is 9.90. The van der Waals surface area contributed by atoms with E-state index in [1.165, 1.54) is 12.1 Å². The van der Waals surface area contributed by atoms with Gasteiger partial charge in [-0.05, 0) is 31.4 Å². The Morgan fingerprint density at radius 2 is 1.43 bits per heavy atom. The van der Waals surface area contributed by atoms with E-state index in [2.05, 4.69) is 0 Å². The quantitative estimate of drug-likeness (QED) is 0.413. The molecule has 0 saturated heterocycles. The normalized spacial score (nSPS) is 10.7. The smallest absolute Gasteiger partial charge is 0.339 e. The molecule has 0 amide bonds. The molecule has 1 rings (SSSR count). The maximum Gasteiger partial charge on any atom is 0.339 e. The molecule has 7 nitrogen and oxygen atoms in total. The molecule has 1 aromatic rings. The Hall–Kier alpha value is -1.67. The second-order valence-electron chi connectivity index (χ2n) is 4.61. The van der Waals surface area contributed by atoms with Crippen molar-refractivity contribution >= 4 is 5.97 Å². The highest BCUT2D eigenvalue weighted by Gasteiger charge is 2.22. The number of hydrogen-bond acceptors (Lipinski definition) is 6. The number of aliphatic hydroxyl groups excluding tert-OH is 3. The van der Waals surface area contributed by atoms with Gasteiger partial charge in [-0.1, -0.05) is 12.1 Å². The van der Waals surface area contributed by atoms with Crippen molar-refractivity contribution in [3.63, 3.8) is 0 Å². The summed E-state index contributed by atoms with van der Waals surface area (Å²) < 4.78 is 0. The van der Waals surface area contributed by atoms with E-state index in [1.54, 1.807) is 12.1 Å². The van der Waals surface area contributed by atoms with E-state index in [4.69, 9.17) is 31.3 Å². The topological polar surface area (TPSA) is 144 Å². The zero-order valence-electron chi connectivity index (χ0n) is 11.8. The minimum absolute atomic E-state index is 0.00347. The van der Waals surface area contributed by atoms with E-state index < -0.39 is 11.5 Å². The maximum absolute atomic E-state index is 10.3. The summed E-state index contributed by atoms with van der Waals surface area (Å²) in [5, 5.41) is 43.1. The van der Waals surface area contributed by atoms with Crippen LogP contribution >= 0.6 is 0 Å². The zero-order chi connectivity index (χ0) is 16.3. The number of aliphatic hydroxyl groups is 3. The van der Waals surface area contributed by atoms with Crippen molar-refractivity contribution in [3.8, 4) is 5.75 Å². The number of rotatable bonds is 7. The van der Waals surface area contributed by atoms with E-state index in [1.807, 2.05) is 0 Å². The predicted molar refractivity (Wildman–Crippen MR) is 77.1 cm³/mol. The van der Waals surface area contributed by atoms with Crippen LogP contribution in [0.1, 0.15) is 29.6 Å². The van der Waals surface area contributed by atoms with E-state index in [-0.39, 0.29) is 31.1 Å². The Morgan fingerprint density at radius 3 is 1.71 bits per heavy atom. The number of nitrogens with two attached hydrogens (primary N) is 1. The second kappa shape index (κ2) is 10.1. The number of phenols is 1. The van der Waals surface area contributed by atoms with Gasteiger partial charge in [0.15, 0.2) is 0 Å². The lowest BCUT2D eigenvalue weighted by Crippen LogP contribution is -2.42. The molecule has 21 heavy (non-hydrogen) atoms. The molecule has 120 valence electrons. The molecule has 0 aliphatic rings. The molecule has 1 aromatic carbocycles. The molecule has 0 aliphatic carbocycles. The first-order valence-electron chi connectivity index (χ1n) is 6.53. The van der Waals surface area contributed by atoms with Crippen LogP contribution < -0.4 is 5.73 Å². The highest BCUT2D eigenvalue weighted by atomic mass is 16.4. The van der Waals surface area contributed by atoms with E-state index in [9.17, 15) is 4.79 Å². The first-order valence-corrected chi connectivity index (χ1v) is 6.53. The van der Waals surface area contributed by atoms with Gasteiger partial charge in [0, 0.05) is 25.4 Å². The fourth-order valence-electron chi connectivity index (χ4n) is 1.70. The molecule has 7 N–H and O–H groups in total. The van der Waals surface area contributed by atoms with Crippen LogP contribution in [0.25, 0.3) is 0 Å². The molecule has 0 radical (unpaired) electrons. The van der Waals surface area contributed by atoms with Gasteiger partial charge in [0.2, 0.25) is 0 Å².